The van der Waals surface area contributed by atoms with E-state index in [9.17, 15) is 4.79 Å². The zero-order chi connectivity index (χ0) is 14.8. The number of carbonyl (C=O) groups is 1. The number of nitrogens with one attached hydrogen (secondary N) is 1. The first-order valence-corrected chi connectivity index (χ1v) is 7.53. The fraction of sp³-hybridized carbons (Fsp3) is 0.588. The lowest BCUT2D eigenvalue weighted by Crippen LogP contribution is -2.45. The summed E-state index contributed by atoms with van der Waals surface area (Å²) in [5.41, 5.74) is 7.44. The minimum absolute atomic E-state index is 0.0707. The Bertz CT molecular complexity index is 455. The molecule has 0 radical (unpaired) electrons. The molecule has 1 aromatic rings. The largest absolute Gasteiger partial charge is 0.353 e. The standard InChI is InChI=1S/C17H26N2O/c1-12(15(18)13-8-5-4-6-9-13)16(20)19-14-10-7-11-17(14,2)3/h4-6,8-9,12,14-15H,7,10-11,18H2,1-3H3,(H,19,20). The summed E-state index contributed by atoms with van der Waals surface area (Å²) in [5, 5.41) is 3.20. The maximum atomic E-state index is 12.4. The van der Waals surface area contributed by atoms with Crippen molar-refractivity contribution < 1.29 is 4.79 Å². The quantitative estimate of drug-likeness (QED) is 0.886. The van der Waals surface area contributed by atoms with Gasteiger partial charge < -0.3 is 11.1 Å². The van der Waals surface area contributed by atoms with Gasteiger partial charge in [0.25, 0.3) is 0 Å². The Balaban J connectivity index is 1.99. The third kappa shape index (κ3) is 3.21. The minimum Gasteiger partial charge on any atom is -0.353 e. The van der Waals surface area contributed by atoms with Crippen molar-refractivity contribution in [2.45, 2.75) is 52.1 Å². The molecule has 0 bridgehead atoms. The van der Waals surface area contributed by atoms with Gasteiger partial charge in [0.1, 0.15) is 0 Å². The van der Waals surface area contributed by atoms with Crippen LogP contribution in [0.1, 0.15) is 51.6 Å². The number of hydrogen-bond donors (Lipinski definition) is 2. The number of carbonyl (C=O) groups excluding carboxylic acids is 1. The van der Waals surface area contributed by atoms with Gasteiger partial charge in [-0.1, -0.05) is 57.5 Å². The lowest BCUT2D eigenvalue weighted by atomic mass is 9.86. The molecule has 3 heteroatoms. The second-order valence-corrected chi connectivity index (χ2v) is 6.67. The molecule has 0 aromatic heterocycles. The second-order valence-electron chi connectivity index (χ2n) is 6.67. The molecule has 1 amide bonds. The smallest absolute Gasteiger partial charge is 0.224 e. The summed E-state index contributed by atoms with van der Waals surface area (Å²) in [6.45, 7) is 6.37. The highest BCUT2D eigenvalue weighted by Crippen LogP contribution is 2.37. The molecule has 1 aromatic carbocycles. The van der Waals surface area contributed by atoms with E-state index in [1.165, 1.54) is 12.8 Å². The van der Waals surface area contributed by atoms with Gasteiger partial charge in [-0.05, 0) is 23.8 Å². The van der Waals surface area contributed by atoms with E-state index in [2.05, 4.69) is 19.2 Å². The molecule has 1 fully saturated rings. The van der Waals surface area contributed by atoms with E-state index in [1.807, 2.05) is 37.3 Å². The molecule has 110 valence electrons. The van der Waals surface area contributed by atoms with Crippen molar-refractivity contribution in [1.82, 2.24) is 5.32 Å². The maximum absolute atomic E-state index is 12.4. The van der Waals surface area contributed by atoms with Crippen LogP contribution in [0.25, 0.3) is 0 Å². The highest BCUT2D eigenvalue weighted by molar-refractivity contribution is 5.79. The van der Waals surface area contributed by atoms with Crippen LogP contribution in [0.5, 0.6) is 0 Å². The van der Waals surface area contributed by atoms with Crippen LogP contribution in [0.4, 0.5) is 0 Å². The van der Waals surface area contributed by atoms with Crippen LogP contribution in [-0.2, 0) is 4.79 Å². The average molecular weight is 274 g/mol. The van der Waals surface area contributed by atoms with Crippen molar-refractivity contribution in [3.8, 4) is 0 Å². The van der Waals surface area contributed by atoms with Crippen molar-refractivity contribution in [1.29, 1.82) is 0 Å². The Kier molecular flexibility index (Phi) is 4.48. The molecule has 0 heterocycles. The summed E-state index contributed by atoms with van der Waals surface area (Å²) in [7, 11) is 0. The molecule has 3 unspecified atom stereocenters. The minimum atomic E-state index is -0.249. The monoisotopic (exact) mass is 274 g/mol. The Hall–Kier alpha value is -1.35. The fourth-order valence-electron chi connectivity index (χ4n) is 3.02. The summed E-state index contributed by atoms with van der Waals surface area (Å²) < 4.78 is 0. The average Bonchev–Trinajstić information content (AvgIpc) is 2.77. The summed E-state index contributed by atoms with van der Waals surface area (Å²) in [6, 6.07) is 9.87. The van der Waals surface area contributed by atoms with Gasteiger partial charge in [-0.3, -0.25) is 4.79 Å². The summed E-state index contributed by atoms with van der Waals surface area (Å²) in [5.74, 6) is -0.143. The van der Waals surface area contributed by atoms with Crippen LogP contribution in [0.15, 0.2) is 30.3 Å². The van der Waals surface area contributed by atoms with E-state index in [0.717, 1.165) is 12.0 Å². The van der Waals surface area contributed by atoms with Crippen LogP contribution in [0.3, 0.4) is 0 Å². The molecule has 0 saturated heterocycles. The Morgan fingerprint density at radius 3 is 2.55 bits per heavy atom. The lowest BCUT2D eigenvalue weighted by Gasteiger charge is -2.30. The number of amides is 1. The third-order valence-corrected chi connectivity index (χ3v) is 4.71. The lowest BCUT2D eigenvalue weighted by molar-refractivity contribution is -0.126. The van der Waals surface area contributed by atoms with E-state index in [0.29, 0.717) is 0 Å². The van der Waals surface area contributed by atoms with Gasteiger partial charge in [0, 0.05) is 12.1 Å². The SMILES string of the molecule is CC(C(=O)NC1CCCC1(C)C)C(N)c1ccccc1. The first-order chi connectivity index (χ1) is 9.42. The van der Waals surface area contributed by atoms with E-state index in [4.69, 9.17) is 5.73 Å². The topological polar surface area (TPSA) is 55.1 Å². The molecule has 3 nitrogen and oxygen atoms in total. The predicted molar refractivity (Wildman–Crippen MR) is 82.1 cm³/mol. The first kappa shape index (κ1) is 15.0. The molecular formula is C17H26N2O. The van der Waals surface area contributed by atoms with Crippen molar-refractivity contribution >= 4 is 5.91 Å². The van der Waals surface area contributed by atoms with Crippen LogP contribution >= 0.6 is 0 Å². The van der Waals surface area contributed by atoms with Crippen molar-refractivity contribution in [3.63, 3.8) is 0 Å². The predicted octanol–water partition coefficient (Wildman–Crippen LogP) is 3.02. The summed E-state index contributed by atoms with van der Waals surface area (Å²) in [6.07, 6.45) is 3.44. The molecule has 3 N–H and O–H groups in total. The van der Waals surface area contributed by atoms with E-state index < -0.39 is 0 Å². The third-order valence-electron chi connectivity index (χ3n) is 4.71. The maximum Gasteiger partial charge on any atom is 0.224 e. The number of rotatable bonds is 4. The molecule has 0 spiro atoms. The molecule has 1 saturated carbocycles. The van der Waals surface area contributed by atoms with Crippen molar-refractivity contribution in [2.24, 2.45) is 17.1 Å². The highest BCUT2D eigenvalue weighted by atomic mass is 16.2. The molecule has 2 rings (SSSR count). The molecule has 1 aliphatic rings. The second kappa shape index (κ2) is 5.96. The fourth-order valence-corrected chi connectivity index (χ4v) is 3.02. The van der Waals surface area contributed by atoms with Gasteiger partial charge in [0.05, 0.1) is 5.92 Å². The summed E-state index contributed by atoms with van der Waals surface area (Å²) in [4.78, 5) is 12.4. The van der Waals surface area contributed by atoms with Gasteiger partial charge in [-0.2, -0.15) is 0 Å². The van der Waals surface area contributed by atoms with Crippen LogP contribution in [0, 0.1) is 11.3 Å². The van der Waals surface area contributed by atoms with Gasteiger partial charge >= 0.3 is 0 Å². The van der Waals surface area contributed by atoms with Gasteiger partial charge in [0.2, 0.25) is 5.91 Å². The molecule has 1 aliphatic carbocycles. The molecule has 20 heavy (non-hydrogen) atoms. The van der Waals surface area contributed by atoms with Gasteiger partial charge in [0.15, 0.2) is 0 Å². The number of benzene rings is 1. The summed E-state index contributed by atoms with van der Waals surface area (Å²) >= 11 is 0. The van der Waals surface area contributed by atoms with Crippen LogP contribution in [-0.4, -0.2) is 11.9 Å². The van der Waals surface area contributed by atoms with Crippen molar-refractivity contribution in [2.75, 3.05) is 0 Å². The Morgan fingerprint density at radius 2 is 2.00 bits per heavy atom. The van der Waals surface area contributed by atoms with E-state index >= 15 is 0 Å². The van der Waals surface area contributed by atoms with Crippen molar-refractivity contribution in [3.05, 3.63) is 35.9 Å². The van der Waals surface area contributed by atoms with Crippen LogP contribution in [0.2, 0.25) is 0 Å². The molecule has 3 atom stereocenters. The first-order valence-electron chi connectivity index (χ1n) is 7.53. The van der Waals surface area contributed by atoms with Gasteiger partial charge in [-0.15, -0.1) is 0 Å². The van der Waals surface area contributed by atoms with Crippen LogP contribution < -0.4 is 11.1 Å². The van der Waals surface area contributed by atoms with E-state index in [1.54, 1.807) is 0 Å². The normalized spacial score (nSPS) is 24.1. The highest BCUT2D eigenvalue weighted by Gasteiger charge is 2.36. The molecule has 0 aliphatic heterocycles. The zero-order valence-corrected chi connectivity index (χ0v) is 12.7. The zero-order valence-electron chi connectivity index (χ0n) is 12.7. The van der Waals surface area contributed by atoms with Gasteiger partial charge in [-0.25, -0.2) is 0 Å². The molecular weight excluding hydrogens is 248 g/mol. The number of hydrogen-bond acceptors (Lipinski definition) is 2. The number of nitrogens with two attached hydrogens (primary N) is 1. The Morgan fingerprint density at radius 1 is 1.35 bits per heavy atom. The van der Waals surface area contributed by atoms with E-state index in [-0.39, 0.29) is 29.3 Å². The Labute approximate surface area is 121 Å².